The number of carbonyl (C=O) groups is 1. The predicted molar refractivity (Wildman–Crippen MR) is 114 cm³/mol. The first-order valence-corrected chi connectivity index (χ1v) is 9.57. The molecule has 0 saturated carbocycles. The van der Waals surface area contributed by atoms with Gasteiger partial charge in [0.05, 0.1) is 16.8 Å². The van der Waals surface area contributed by atoms with Crippen molar-refractivity contribution in [2.75, 3.05) is 12.3 Å². The smallest absolute Gasteiger partial charge is 0.444 e. The molecule has 7 nitrogen and oxygen atoms in total. The third-order valence-electron chi connectivity index (χ3n) is 4.94. The topological polar surface area (TPSA) is 107 Å². The highest BCUT2D eigenvalue weighted by Gasteiger charge is 2.52. The Morgan fingerprint density at radius 3 is 2.38 bits per heavy atom. The fourth-order valence-corrected chi connectivity index (χ4v) is 2.66. The van der Waals surface area contributed by atoms with Crippen LogP contribution in [0.25, 0.3) is 6.08 Å². The minimum atomic E-state index is -0.655. The lowest BCUT2D eigenvalue weighted by Crippen LogP contribution is -2.41. The summed E-state index contributed by atoms with van der Waals surface area (Å²) in [5.74, 6) is 0. The van der Waals surface area contributed by atoms with E-state index in [4.69, 9.17) is 19.8 Å². The summed E-state index contributed by atoms with van der Waals surface area (Å²) in [5.41, 5.74) is 6.41. The fraction of sp³-hybridized carbons (Fsp3) is 0.524. The molecule has 0 aliphatic carbocycles. The maximum Gasteiger partial charge on any atom is 0.492 e. The van der Waals surface area contributed by atoms with Gasteiger partial charge in [-0.15, -0.1) is 0 Å². The van der Waals surface area contributed by atoms with Gasteiger partial charge in [-0.05, 0) is 71.6 Å². The van der Waals surface area contributed by atoms with E-state index in [2.05, 4.69) is 11.4 Å². The summed E-state index contributed by atoms with van der Waals surface area (Å²) in [4.78, 5) is 12.1. The summed E-state index contributed by atoms with van der Waals surface area (Å²) in [6.07, 6.45) is 1.30. The Labute approximate surface area is 173 Å². The summed E-state index contributed by atoms with van der Waals surface area (Å²) < 4.78 is 17.6. The molecule has 3 N–H and O–H groups in total. The quantitative estimate of drug-likeness (QED) is 0.591. The van der Waals surface area contributed by atoms with Gasteiger partial charge >= 0.3 is 13.2 Å². The van der Waals surface area contributed by atoms with Crippen LogP contribution in [0.15, 0.2) is 23.7 Å². The molecule has 0 aromatic heterocycles. The van der Waals surface area contributed by atoms with Crippen molar-refractivity contribution in [1.29, 1.82) is 5.26 Å². The highest BCUT2D eigenvalue weighted by Crippen LogP contribution is 2.38. The molecule has 8 heteroatoms. The van der Waals surface area contributed by atoms with Gasteiger partial charge < -0.3 is 25.1 Å². The molecule has 1 heterocycles. The monoisotopic (exact) mass is 399 g/mol. The van der Waals surface area contributed by atoms with Gasteiger partial charge in [0.1, 0.15) is 11.7 Å². The van der Waals surface area contributed by atoms with E-state index in [1.54, 1.807) is 39.0 Å². The zero-order valence-corrected chi connectivity index (χ0v) is 18.3. The van der Waals surface area contributed by atoms with Crippen LogP contribution in [0.4, 0.5) is 10.5 Å². The standard InChI is InChI=1S/C21H30BN3O4/c1-19(2,3)27-18(26)25-13-16(22-28-20(4,5)21(6,7)29-22)11-14-8-9-17(24)15(10-14)12-23/h8-11H,13,24H2,1-7H3,(H,25,26). The number of hydrogen-bond acceptors (Lipinski definition) is 6. The Balaban J connectivity index is 2.31. The molecule has 0 bridgehead atoms. The SMILES string of the molecule is CC(C)(C)OC(=O)NCC(=Cc1ccc(N)c(C#N)c1)B1OC(C)(C)C(C)(C)O1. The number of amides is 1. The predicted octanol–water partition coefficient (Wildman–Crippen LogP) is 3.68. The lowest BCUT2D eigenvalue weighted by molar-refractivity contribution is 0.00578. The molecule has 29 heavy (non-hydrogen) atoms. The summed E-state index contributed by atoms with van der Waals surface area (Å²) in [6, 6.07) is 7.24. The summed E-state index contributed by atoms with van der Waals surface area (Å²) in [6.45, 7) is 13.4. The van der Waals surface area contributed by atoms with Crippen LogP contribution in [0, 0.1) is 11.3 Å². The fourth-order valence-electron chi connectivity index (χ4n) is 2.66. The molecule has 1 fully saturated rings. The van der Waals surface area contributed by atoms with Crippen molar-refractivity contribution >= 4 is 25.0 Å². The second kappa shape index (κ2) is 8.09. The summed E-state index contributed by atoms with van der Waals surface area (Å²) in [7, 11) is -0.655. The minimum Gasteiger partial charge on any atom is -0.444 e. The van der Waals surface area contributed by atoms with Gasteiger partial charge in [0, 0.05) is 12.2 Å². The molecular weight excluding hydrogens is 369 g/mol. The highest BCUT2D eigenvalue weighted by molar-refractivity contribution is 6.56. The van der Waals surface area contributed by atoms with Crippen molar-refractivity contribution in [3.8, 4) is 6.07 Å². The number of carbonyl (C=O) groups excluding carboxylic acids is 1. The number of benzene rings is 1. The Kier molecular flexibility index (Phi) is 6.36. The maximum absolute atomic E-state index is 12.1. The first kappa shape index (κ1) is 22.8. The van der Waals surface area contributed by atoms with Crippen LogP contribution in [0.3, 0.4) is 0 Å². The zero-order chi connectivity index (χ0) is 22.0. The third kappa shape index (κ3) is 5.75. The highest BCUT2D eigenvalue weighted by atomic mass is 16.7. The van der Waals surface area contributed by atoms with Gasteiger partial charge in [-0.2, -0.15) is 5.26 Å². The third-order valence-corrected chi connectivity index (χ3v) is 4.94. The van der Waals surface area contributed by atoms with Crippen molar-refractivity contribution in [3.05, 3.63) is 34.8 Å². The van der Waals surface area contributed by atoms with E-state index in [0.717, 1.165) is 5.56 Å². The first-order valence-electron chi connectivity index (χ1n) is 9.57. The summed E-state index contributed by atoms with van der Waals surface area (Å²) in [5, 5.41) is 12.0. The molecule has 1 aliphatic rings. The Morgan fingerprint density at radius 1 is 1.28 bits per heavy atom. The molecule has 1 aromatic carbocycles. The molecule has 1 saturated heterocycles. The normalized spacial score (nSPS) is 18.3. The average molecular weight is 399 g/mol. The molecule has 0 spiro atoms. The van der Waals surface area contributed by atoms with Crippen molar-refractivity contribution in [2.45, 2.75) is 65.3 Å². The number of ether oxygens (including phenoxy) is 1. The van der Waals surface area contributed by atoms with Crippen LogP contribution in [-0.2, 0) is 14.0 Å². The Hall–Kier alpha value is -2.50. The number of nitriles is 1. The van der Waals surface area contributed by atoms with Crippen LogP contribution < -0.4 is 11.1 Å². The van der Waals surface area contributed by atoms with Crippen LogP contribution in [0.1, 0.15) is 59.6 Å². The molecular formula is C21H30BN3O4. The number of nitrogens with zero attached hydrogens (tertiary/aromatic N) is 1. The van der Waals surface area contributed by atoms with Gasteiger partial charge in [-0.25, -0.2) is 4.79 Å². The van der Waals surface area contributed by atoms with Crippen LogP contribution in [-0.4, -0.2) is 36.6 Å². The number of rotatable bonds is 4. The lowest BCUT2D eigenvalue weighted by Gasteiger charge is -2.32. The van der Waals surface area contributed by atoms with E-state index in [-0.39, 0.29) is 6.54 Å². The average Bonchev–Trinajstić information content (AvgIpc) is 2.79. The van der Waals surface area contributed by atoms with Gasteiger partial charge in [-0.3, -0.25) is 0 Å². The molecule has 156 valence electrons. The molecule has 1 aliphatic heterocycles. The second-order valence-corrected chi connectivity index (χ2v) is 9.12. The zero-order valence-electron chi connectivity index (χ0n) is 18.3. The van der Waals surface area contributed by atoms with Gasteiger partial charge in [0.2, 0.25) is 0 Å². The number of hydrogen-bond donors (Lipinski definition) is 2. The van der Waals surface area contributed by atoms with Crippen LogP contribution in [0.2, 0.25) is 0 Å². The molecule has 0 radical (unpaired) electrons. The minimum absolute atomic E-state index is 0.165. The number of nitrogens with one attached hydrogen (secondary N) is 1. The number of anilines is 1. The molecule has 1 aromatic rings. The molecule has 0 unspecified atom stereocenters. The number of nitrogens with two attached hydrogens (primary N) is 1. The van der Waals surface area contributed by atoms with Crippen molar-refractivity contribution in [3.63, 3.8) is 0 Å². The number of alkyl carbamates (subject to hydrolysis) is 1. The van der Waals surface area contributed by atoms with E-state index < -0.39 is 30.0 Å². The first-order chi connectivity index (χ1) is 13.2. The Morgan fingerprint density at radius 2 is 1.86 bits per heavy atom. The molecule has 1 amide bonds. The van der Waals surface area contributed by atoms with Gasteiger partial charge in [-0.1, -0.05) is 12.1 Å². The lowest BCUT2D eigenvalue weighted by atomic mass is 9.77. The van der Waals surface area contributed by atoms with Crippen molar-refractivity contribution in [2.24, 2.45) is 0 Å². The summed E-state index contributed by atoms with van der Waals surface area (Å²) >= 11 is 0. The van der Waals surface area contributed by atoms with Crippen LogP contribution >= 0.6 is 0 Å². The molecule has 2 rings (SSSR count). The molecule has 0 atom stereocenters. The van der Waals surface area contributed by atoms with E-state index in [0.29, 0.717) is 16.7 Å². The van der Waals surface area contributed by atoms with Crippen LogP contribution in [0.5, 0.6) is 0 Å². The Bertz CT molecular complexity index is 834. The van der Waals surface area contributed by atoms with E-state index in [1.807, 2.05) is 33.8 Å². The maximum atomic E-state index is 12.1. The van der Waals surface area contributed by atoms with E-state index >= 15 is 0 Å². The van der Waals surface area contributed by atoms with Gasteiger partial charge in [0.15, 0.2) is 0 Å². The second-order valence-electron chi connectivity index (χ2n) is 9.12. The van der Waals surface area contributed by atoms with E-state index in [1.165, 1.54) is 0 Å². The van der Waals surface area contributed by atoms with Crippen molar-refractivity contribution in [1.82, 2.24) is 5.32 Å². The van der Waals surface area contributed by atoms with Crippen molar-refractivity contribution < 1.29 is 18.8 Å². The van der Waals surface area contributed by atoms with Gasteiger partial charge in [0.25, 0.3) is 0 Å². The van der Waals surface area contributed by atoms with E-state index in [9.17, 15) is 10.1 Å². The number of nitrogen functional groups attached to an aromatic ring is 1. The largest absolute Gasteiger partial charge is 0.492 e.